The summed E-state index contributed by atoms with van der Waals surface area (Å²) in [5.74, 6) is 0. The molecule has 0 aliphatic heterocycles. The van der Waals surface area contributed by atoms with Crippen LogP contribution in [0.4, 0.5) is 0 Å². The van der Waals surface area contributed by atoms with E-state index in [1.165, 1.54) is 21.4 Å². The molecule has 19 heavy (non-hydrogen) atoms. The third-order valence-corrected chi connectivity index (χ3v) is 4.18. The number of aromatic nitrogens is 1. The van der Waals surface area contributed by atoms with E-state index >= 15 is 0 Å². The van der Waals surface area contributed by atoms with Crippen molar-refractivity contribution in [1.82, 2.24) is 10.3 Å². The molecule has 0 radical (unpaired) electrons. The van der Waals surface area contributed by atoms with Gasteiger partial charge in [-0.3, -0.25) is 4.98 Å². The summed E-state index contributed by atoms with van der Waals surface area (Å²) in [6.45, 7) is 2.95. The Hall–Kier alpha value is -1.71. The standard InChI is InChI=1S/C16H16N2S/c1-11-3-4-13-8-14(5-6-15(13)18-11)16-7-12(9-17-2)10-19-16/h3-8,10,17H,9H2,1-2H3. The number of rotatable bonds is 3. The molecule has 96 valence electrons. The number of fused-ring (bicyclic) bond motifs is 1. The lowest BCUT2D eigenvalue weighted by Gasteiger charge is -2.02. The zero-order valence-electron chi connectivity index (χ0n) is 11.1. The van der Waals surface area contributed by atoms with Crippen LogP contribution < -0.4 is 5.32 Å². The largest absolute Gasteiger partial charge is 0.316 e. The van der Waals surface area contributed by atoms with E-state index in [1.54, 1.807) is 11.3 Å². The van der Waals surface area contributed by atoms with E-state index in [0.29, 0.717) is 0 Å². The van der Waals surface area contributed by atoms with Crippen LogP contribution in [0.2, 0.25) is 0 Å². The summed E-state index contributed by atoms with van der Waals surface area (Å²) in [6, 6.07) is 12.9. The van der Waals surface area contributed by atoms with Gasteiger partial charge in [-0.2, -0.15) is 0 Å². The maximum Gasteiger partial charge on any atom is 0.0705 e. The molecular weight excluding hydrogens is 252 g/mol. The van der Waals surface area contributed by atoms with Gasteiger partial charge < -0.3 is 5.32 Å². The number of aryl methyl sites for hydroxylation is 1. The monoisotopic (exact) mass is 268 g/mol. The lowest BCUT2D eigenvalue weighted by atomic mass is 10.1. The summed E-state index contributed by atoms with van der Waals surface area (Å²) in [4.78, 5) is 5.85. The van der Waals surface area contributed by atoms with E-state index in [2.05, 4.69) is 52.1 Å². The normalized spacial score (nSPS) is 11.1. The molecule has 0 unspecified atom stereocenters. The maximum absolute atomic E-state index is 4.54. The Kier molecular flexibility index (Phi) is 3.32. The average Bonchev–Trinajstić information content (AvgIpc) is 2.87. The number of thiophene rings is 1. The molecule has 0 aliphatic rings. The molecule has 0 saturated heterocycles. The summed E-state index contributed by atoms with van der Waals surface area (Å²) in [5.41, 5.74) is 4.73. The van der Waals surface area contributed by atoms with E-state index < -0.39 is 0 Å². The van der Waals surface area contributed by atoms with Crippen molar-refractivity contribution >= 4 is 22.2 Å². The molecule has 3 rings (SSSR count). The van der Waals surface area contributed by atoms with E-state index in [-0.39, 0.29) is 0 Å². The zero-order chi connectivity index (χ0) is 13.2. The van der Waals surface area contributed by atoms with Crippen molar-refractivity contribution in [1.29, 1.82) is 0 Å². The SMILES string of the molecule is CNCc1csc(-c2ccc3nc(C)ccc3c2)c1. The van der Waals surface area contributed by atoms with Gasteiger partial charge in [-0.05, 0) is 54.7 Å². The van der Waals surface area contributed by atoms with Gasteiger partial charge in [0, 0.05) is 22.5 Å². The molecule has 2 aromatic heterocycles. The van der Waals surface area contributed by atoms with Crippen LogP contribution in [0, 0.1) is 6.92 Å². The fraction of sp³-hybridized carbons (Fsp3) is 0.188. The molecule has 0 aliphatic carbocycles. The topological polar surface area (TPSA) is 24.9 Å². The molecule has 1 N–H and O–H groups in total. The predicted octanol–water partition coefficient (Wildman–Crippen LogP) is 3.99. The highest BCUT2D eigenvalue weighted by Crippen LogP contribution is 2.29. The van der Waals surface area contributed by atoms with E-state index in [0.717, 1.165) is 17.8 Å². The van der Waals surface area contributed by atoms with Crippen LogP contribution in [0.5, 0.6) is 0 Å². The Balaban J connectivity index is 2.02. The number of benzene rings is 1. The summed E-state index contributed by atoms with van der Waals surface area (Å²) < 4.78 is 0. The van der Waals surface area contributed by atoms with Crippen molar-refractivity contribution in [2.24, 2.45) is 0 Å². The molecule has 0 spiro atoms. The molecule has 3 aromatic rings. The summed E-state index contributed by atoms with van der Waals surface area (Å²) >= 11 is 1.79. The lowest BCUT2D eigenvalue weighted by molar-refractivity contribution is 0.821. The van der Waals surface area contributed by atoms with Gasteiger partial charge in [0.2, 0.25) is 0 Å². The van der Waals surface area contributed by atoms with Gasteiger partial charge in [-0.25, -0.2) is 0 Å². The highest BCUT2D eigenvalue weighted by molar-refractivity contribution is 7.13. The molecule has 0 atom stereocenters. The fourth-order valence-corrected chi connectivity index (χ4v) is 3.12. The molecular formula is C16H16N2S. The highest BCUT2D eigenvalue weighted by atomic mass is 32.1. The summed E-state index contributed by atoms with van der Waals surface area (Å²) in [5, 5.41) is 6.59. The van der Waals surface area contributed by atoms with Crippen molar-refractivity contribution in [2.75, 3.05) is 7.05 Å². The minimum Gasteiger partial charge on any atom is -0.316 e. The highest BCUT2D eigenvalue weighted by Gasteiger charge is 2.04. The minimum atomic E-state index is 0.921. The predicted molar refractivity (Wildman–Crippen MR) is 82.6 cm³/mol. The van der Waals surface area contributed by atoms with E-state index in [1.807, 2.05) is 14.0 Å². The Labute approximate surface area is 117 Å². The van der Waals surface area contributed by atoms with Crippen molar-refractivity contribution in [3.8, 4) is 10.4 Å². The van der Waals surface area contributed by atoms with Crippen LogP contribution in [0.25, 0.3) is 21.3 Å². The van der Waals surface area contributed by atoms with Crippen molar-refractivity contribution in [3.05, 3.63) is 53.0 Å². The molecule has 2 nitrogen and oxygen atoms in total. The van der Waals surface area contributed by atoms with Crippen LogP contribution in [0.1, 0.15) is 11.3 Å². The van der Waals surface area contributed by atoms with Crippen LogP contribution in [-0.2, 0) is 6.54 Å². The van der Waals surface area contributed by atoms with Gasteiger partial charge in [0.05, 0.1) is 5.52 Å². The van der Waals surface area contributed by atoms with Gasteiger partial charge in [-0.1, -0.05) is 12.1 Å². The number of hydrogen-bond acceptors (Lipinski definition) is 3. The Morgan fingerprint density at radius 1 is 1.16 bits per heavy atom. The molecule has 0 bridgehead atoms. The summed E-state index contributed by atoms with van der Waals surface area (Å²) in [6.07, 6.45) is 0. The second kappa shape index (κ2) is 5.11. The van der Waals surface area contributed by atoms with E-state index in [9.17, 15) is 0 Å². The lowest BCUT2D eigenvalue weighted by Crippen LogP contribution is -2.03. The van der Waals surface area contributed by atoms with Gasteiger partial charge in [0.1, 0.15) is 0 Å². The summed E-state index contributed by atoms with van der Waals surface area (Å²) in [7, 11) is 1.97. The maximum atomic E-state index is 4.54. The molecule has 2 heterocycles. The first kappa shape index (κ1) is 12.3. The fourth-order valence-electron chi connectivity index (χ4n) is 2.20. The number of nitrogens with zero attached hydrogens (tertiary/aromatic N) is 1. The second-order valence-electron chi connectivity index (χ2n) is 4.71. The van der Waals surface area contributed by atoms with Crippen LogP contribution in [0.3, 0.4) is 0 Å². The van der Waals surface area contributed by atoms with Crippen molar-refractivity contribution in [3.63, 3.8) is 0 Å². The smallest absolute Gasteiger partial charge is 0.0705 e. The Morgan fingerprint density at radius 2 is 2.05 bits per heavy atom. The third kappa shape index (κ3) is 2.53. The number of hydrogen-bond donors (Lipinski definition) is 1. The first-order valence-electron chi connectivity index (χ1n) is 6.36. The Morgan fingerprint density at radius 3 is 2.89 bits per heavy atom. The molecule has 3 heteroatoms. The zero-order valence-corrected chi connectivity index (χ0v) is 11.9. The van der Waals surface area contributed by atoms with Gasteiger partial charge in [0.25, 0.3) is 0 Å². The van der Waals surface area contributed by atoms with Crippen LogP contribution >= 0.6 is 11.3 Å². The third-order valence-electron chi connectivity index (χ3n) is 3.15. The van der Waals surface area contributed by atoms with E-state index in [4.69, 9.17) is 0 Å². The average molecular weight is 268 g/mol. The molecule has 1 aromatic carbocycles. The molecule has 0 fully saturated rings. The van der Waals surface area contributed by atoms with Crippen molar-refractivity contribution in [2.45, 2.75) is 13.5 Å². The van der Waals surface area contributed by atoms with Crippen LogP contribution in [0.15, 0.2) is 41.8 Å². The minimum absolute atomic E-state index is 0.921. The number of pyridine rings is 1. The van der Waals surface area contributed by atoms with Gasteiger partial charge in [-0.15, -0.1) is 11.3 Å². The first-order valence-corrected chi connectivity index (χ1v) is 7.24. The second-order valence-corrected chi connectivity index (χ2v) is 5.62. The van der Waals surface area contributed by atoms with Gasteiger partial charge in [0.15, 0.2) is 0 Å². The molecule has 0 amide bonds. The molecule has 0 saturated carbocycles. The van der Waals surface area contributed by atoms with Gasteiger partial charge >= 0.3 is 0 Å². The number of nitrogens with one attached hydrogen (secondary N) is 1. The van der Waals surface area contributed by atoms with Crippen LogP contribution in [-0.4, -0.2) is 12.0 Å². The Bertz CT molecular complexity index is 716. The first-order chi connectivity index (χ1) is 9.26. The quantitative estimate of drug-likeness (QED) is 0.777. The van der Waals surface area contributed by atoms with Crippen molar-refractivity contribution < 1.29 is 0 Å².